The lowest BCUT2D eigenvalue weighted by Crippen LogP contribution is -2.25. The minimum absolute atomic E-state index is 0.256. The average molecular weight is 165 g/mol. The SMILES string of the molecule is C[Si](C1C=CC=C1)C(C)(C)C. The maximum absolute atomic E-state index is 2.43. The Morgan fingerprint density at radius 1 is 1.09 bits per heavy atom. The number of rotatable bonds is 1. The summed E-state index contributed by atoms with van der Waals surface area (Å²) in [6, 6.07) is 0. The normalized spacial score (nSPS) is 18.6. The van der Waals surface area contributed by atoms with Crippen LogP contribution in [0.15, 0.2) is 24.3 Å². The minimum Gasteiger partial charge on any atom is -0.0806 e. The predicted molar refractivity (Wildman–Crippen MR) is 53.4 cm³/mol. The third kappa shape index (κ3) is 2.06. The van der Waals surface area contributed by atoms with Gasteiger partial charge in [-0.05, 0) is 10.6 Å². The molecule has 0 fully saturated rings. The van der Waals surface area contributed by atoms with E-state index in [2.05, 4.69) is 51.6 Å². The van der Waals surface area contributed by atoms with Gasteiger partial charge in [0.05, 0.1) is 8.80 Å². The topological polar surface area (TPSA) is 0 Å². The summed E-state index contributed by atoms with van der Waals surface area (Å²) in [6.45, 7) is 9.47. The molecule has 0 spiro atoms. The molecule has 0 unspecified atom stereocenters. The zero-order valence-corrected chi connectivity index (χ0v) is 8.89. The van der Waals surface area contributed by atoms with Crippen LogP contribution in [0.4, 0.5) is 0 Å². The van der Waals surface area contributed by atoms with Crippen molar-refractivity contribution in [3.05, 3.63) is 24.3 Å². The summed E-state index contributed by atoms with van der Waals surface area (Å²) in [7, 11) is -0.256. The van der Waals surface area contributed by atoms with E-state index < -0.39 is 0 Å². The molecule has 0 saturated heterocycles. The molecule has 0 aromatic rings. The fourth-order valence-electron chi connectivity index (χ4n) is 1.22. The van der Waals surface area contributed by atoms with E-state index in [1.54, 1.807) is 0 Å². The Kier molecular flexibility index (Phi) is 2.38. The lowest BCUT2D eigenvalue weighted by molar-refractivity contribution is 0.731. The maximum atomic E-state index is 2.43. The molecular weight excluding hydrogens is 148 g/mol. The number of hydrogen-bond donors (Lipinski definition) is 0. The van der Waals surface area contributed by atoms with Gasteiger partial charge in [0.25, 0.3) is 0 Å². The lowest BCUT2D eigenvalue weighted by atomic mass is 10.2. The molecule has 1 aliphatic carbocycles. The Labute approximate surface area is 71.6 Å². The Hall–Kier alpha value is -0.303. The molecule has 0 heterocycles. The fraction of sp³-hybridized carbons (Fsp3) is 0.600. The Balaban J connectivity index is 2.61. The first kappa shape index (κ1) is 8.79. The van der Waals surface area contributed by atoms with Crippen LogP contribution in [0.5, 0.6) is 0 Å². The molecule has 0 saturated carbocycles. The second-order valence-corrected chi connectivity index (χ2v) is 7.76. The molecule has 0 aliphatic heterocycles. The predicted octanol–water partition coefficient (Wildman–Crippen LogP) is 3.41. The van der Waals surface area contributed by atoms with E-state index in [1.165, 1.54) is 0 Å². The van der Waals surface area contributed by atoms with Gasteiger partial charge < -0.3 is 0 Å². The van der Waals surface area contributed by atoms with Gasteiger partial charge in [0.1, 0.15) is 0 Å². The highest BCUT2D eigenvalue weighted by Crippen LogP contribution is 2.36. The van der Waals surface area contributed by atoms with Gasteiger partial charge in [-0.15, -0.1) is 0 Å². The highest BCUT2D eigenvalue weighted by molar-refractivity contribution is 6.63. The second-order valence-electron chi connectivity index (χ2n) is 4.23. The Morgan fingerprint density at radius 3 is 1.91 bits per heavy atom. The van der Waals surface area contributed by atoms with Gasteiger partial charge >= 0.3 is 0 Å². The van der Waals surface area contributed by atoms with Crippen LogP contribution in [-0.4, -0.2) is 8.80 Å². The summed E-state index contributed by atoms with van der Waals surface area (Å²) >= 11 is 0. The minimum atomic E-state index is -0.256. The summed E-state index contributed by atoms with van der Waals surface area (Å²) < 4.78 is 0. The van der Waals surface area contributed by atoms with Crippen LogP contribution in [0.1, 0.15) is 20.8 Å². The highest BCUT2D eigenvalue weighted by atomic mass is 28.3. The van der Waals surface area contributed by atoms with Gasteiger partial charge in [-0.3, -0.25) is 0 Å². The van der Waals surface area contributed by atoms with Crippen molar-refractivity contribution in [2.24, 2.45) is 0 Å². The van der Waals surface area contributed by atoms with E-state index in [-0.39, 0.29) is 8.80 Å². The second kappa shape index (κ2) is 2.98. The molecule has 1 heteroatoms. The first-order chi connectivity index (χ1) is 5.02. The molecule has 0 nitrogen and oxygen atoms in total. The van der Waals surface area contributed by atoms with Crippen molar-refractivity contribution in [1.29, 1.82) is 0 Å². The van der Waals surface area contributed by atoms with Crippen LogP contribution in [0.25, 0.3) is 0 Å². The Bertz CT molecular complexity index is 172. The van der Waals surface area contributed by atoms with Crippen LogP contribution in [0.3, 0.4) is 0 Å². The summed E-state index contributed by atoms with van der Waals surface area (Å²) in [4.78, 5) is 0. The monoisotopic (exact) mass is 165 g/mol. The standard InChI is InChI=1S/C10H17Si/c1-10(2,3)11(4)9-7-5-6-8-9/h5-9H,1-4H3. The molecule has 61 valence electrons. The molecule has 0 N–H and O–H groups in total. The molecule has 1 rings (SSSR count). The highest BCUT2D eigenvalue weighted by Gasteiger charge is 2.27. The van der Waals surface area contributed by atoms with Crippen molar-refractivity contribution in [2.45, 2.75) is 37.9 Å². The van der Waals surface area contributed by atoms with E-state index in [4.69, 9.17) is 0 Å². The molecule has 0 bridgehead atoms. The third-order valence-electron chi connectivity index (χ3n) is 2.43. The van der Waals surface area contributed by atoms with Crippen molar-refractivity contribution in [1.82, 2.24) is 0 Å². The van der Waals surface area contributed by atoms with Crippen molar-refractivity contribution in [3.63, 3.8) is 0 Å². The number of allylic oxidation sites excluding steroid dienone is 4. The van der Waals surface area contributed by atoms with Crippen LogP contribution < -0.4 is 0 Å². The lowest BCUT2D eigenvalue weighted by Gasteiger charge is -2.28. The molecule has 0 aromatic heterocycles. The molecule has 0 aromatic carbocycles. The summed E-state index contributed by atoms with van der Waals surface area (Å²) in [6.07, 6.45) is 9.01. The zero-order valence-electron chi connectivity index (χ0n) is 7.89. The first-order valence-electron chi connectivity index (χ1n) is 4.21. The van der Waals surface area contributed by atoms with Gasteiger partial charge in [-0.25, -0.2) is 0 Å². The molecule has 1 aliphatic rings. The number of hydrogen-bond acceptors (Lipinski definition) is 0. The fourth-order valence-corrected chi connectivity index (χ4v) is 3.02. The van der Waals surface area contributed by atoms with Crippen LogP contribution in [-0.2, 0) is 0 Å². The van der Waals surface area contributed by atoms with Crippen molar-refractivity contribution in [2.75, 3.05) is 0 Å². The van der Waals surface area contributed by atoms with Gasteiger partial charge in [0, 0.05) is 0 Å². The maximum Gasteiger partial charge on any atom is 0.0629 e. The molecule has 0 atom stereocenters. The quantitative estimate of drug-likeness (QED) is 0.522. The van der Waals surface area contributed by atoms with E-state index in [0.717, 1.165) is 5.54 Å². The Morgan fingerprint density at radius 2 is 1.55 bits per heavy atom. The van der Waals surface area contributed by atoms with Gasteiger partial charge in [0.15, 0.2) is 0 Å². The zero-order chi connectivity index (χ0) is 8.48. The van der Waals surface area contributed by atoms with Crippen LogP contribution >= 0.6 is 0 Å². The average Bonchev–Trinajstić information content (AvgIpc) is 2.34. The van der Waals surface area contributed by atoms with Crippen molar-refractivity contribution in [3.8, 4) is 0 Å². The molecular formula is C10H17Si. The van der Waals surface area contributed by atoms with Crippen LogP contribution in [0, 0.1) is 0 Å². The van der Waals surface area contributed by atoms with Crippen LogP contribution in [0.2, 0.25) is 17.1 Å². The van der Waals surface area contributed by atoms with Gasteiger partial charge in [0.2, 0.25) is 0 Å². The van der Waals surface area contributed by atoms with E-state index in [1.807, 2.05) is 0 Å². The largest absolute Gasteiger partial charge is 0.0806 e. The van der Waals surface area contributed by atoms with Crippen molar-refractivity contribution >= 4 is 8.80 Å². The summed E-state index contributed by atoms with van der Waals surface area (Å²) in [5, 5.41) is 0.522. The molecule has 0 amide bonds. The van der Waals surface area contributed by atoms with Gasteiger partial charge in [-0.1, -0.05) is 51.6 Å². The van der Waals surface area contributed by atoms with E-state index in [0.29, 0.717) is 5.04 Å². The van der Waals surface area contributed by atoms with Gasteiger partial charge in [-0.2, -0.15) is 0 Å². The van der Waals surface area contributed by atoms with Crippen molar-refractivity contribution < 1.29 is 0 Å². The summed E-state index contributed by atoms with van der Waals surface area (Å²) in [5.41, 5.74) is 0.764. The first-order valence-corrected chi connectivity index (χ1v) is 6.28. The summed E-state index contributed by atoms with van der Waals surface area (Å²) in [5.74, 6) is 0. The van der Waals surface area contributed by atoms with E-state index in [9.17, 15) is 0 Å². The molecule has 1 radical (unpaired) electrons. The van der Waals surface area contributed by atoms with E-state index >= 15 is 0 Å². The molecule has 11 heavy (non-hydrogen) atoms. The third-order valence-corrected chi connectivity index (χ3v) is 6.18. The smallest absolute Gasteiger partial charge is 0.0629 e.